The van der Waals surface area contributed by atoms with E-state index in [1.54, 1.807) is 24.8 Å². The third-order valence-electron chi connectivity index (χ3n) is 4.20. The van der Waals surface area contributed by atoms with Gasteiger partial charge in [0.1, 0.15) is 0 Å². The Morgan fingerprint density at radius 3 is 2.59 bits per heavy atom. The molecule has 4 heterocycles. The molecule has 27 heavy (non-hydrogen) atoms. The van der Waals surface area contributed by atoms with Crippen LogP contribution in [0.5, 0.6) is 0 Å². The number of aromatic nitrogens is 7. The Bertz CT molecular complexity index is 1180. The van der Waals surface area contributed by atoms with Crippen LogP contribution < -0.4 is 0 Å². The first-order chi connectivity index (χ1) is 13.4. The van der Waals surface area contributed by atoms with Gasteiger partial charge in [0.05, 0.1) is 34.8 Å². The topological polar surface area (TPSA) is 84.7 Å². The quantitative estimate of drug-likeness (QED) is 0.532. The lowest BCUT2D eigenvalue weighted by Gasteiger charge is -2.05. The summed E-state index contributed by atoms with van der Waals surface area (Å²) in [7, 11) is 0. The van der Waals surface area contributed by atoms with E-state index in [2.05, 4.69) is 36.2 Å². The number of H-pyrrole nitrogens is 1. The molecule has 0 amide bonds. The van der Waals surface area contributed by atoms with Crippen LogP contribution in [0.15, 0.2) is 61.6 Å². The Hall–Kier alpha value is -3.61. The van der Waals surface area contributed by atoms with E-state index < -0.39 is 0 Å². The lowest BCUT2D eigenvalue weighted by Crippen LogP contribution is -1.99. The number of hydrogen-bond donors (Lipinski definition) is 1. The summed E-state index contributed by atoms with van der Waals surface area (Å²) in [5.74, 6) is 0. The van der Waals surface area contributed by atoms with Crippen molar-refractivity contribution < 1.29 is 0 Å². The molecule has 0 aliphatic rings. The number of hydrogen-bond acceptors (Lipinski definition) is 5. The van der Waals surface area contributed by atoms with Crippen molar-refractivity contribution in [3.05, 3.63) is 72.8 Å². The Labute approximate surface area is 156 Å². The molecule has 0 aliphatic heterocycles. The van der Waals surface area contributed by atoms with Gasteiger partial charge in [-0.1, -0.05) is 19.9 Å². The highest BCUT2D eigenvalue weighted by Crippen LogP contribution is 2.22. The van der Waals surface area contributed by atoms with Crippen molar-refractivity contribution in [2.45, 2.75) is 20.3 Å². The van der Waals surface area contributed by atoms with Gasteiger partial charge in [0.2, 0.25) is 0 Å². The average molecular weight is 357 g/mol. The first kappa shape index (κ1) is 16.8. The van der Waals surface area contributed by atoms with E-state index >= 15 is 0 Å². The van der Waals surface area contributed by atoms with Gasteiger partial charge in [-0.3, -0.25) is 24.5 Å². The SMILES string of the molecule is CC.c1cn2c(-c3cn[nH]c3)cnc2c(Cc2ccc3nccnc3c2)n1. The van der Waals surface area contributed by atoms with Gasteiger partial charge in [-0.25, -0.2) is 4.98 Å². The number of aromatic amines is 1. The first-order valence-electron chi connectivity index (χ1n) is 8.88. The summed E-state index contributed by atoms with van der Waals surface area (Å²) in [5.41, 5.74) is 6.64. The maximum Gasteiger partial charge on any atom is 0.159 e. The van der Waals surface area contributed by atoms with E-state index in [9.17, 15) is 0 Å². The summed E-state index contributed by atoms with van der Waals surface area (Å²) in [6.07, 6.45) is 13.3. The van der Waals surface area contributed by atoms with E-state index in [-0.39, 0.29) is 0 Å². The van der Waals surface area contributed by atoms with Gasteiger partial charge in [0.25, 0.3) is 0 Å². The fourth-order valence-corrected chi connectivity index (χ4v) is 3.01. The first-order valence-corrected chi connectivity index (χ1v) is 8.88. The van der Waals surface area contributed by atoms with Crippen LogP contribution in [0.25, 0.3) is 27.9 Å². The number of benzene rings is 1. The van der Waals surface area contributed by atoms with Crippen molar-refractivity contribution in [1.29, 1.82) is 0 Å². The zero-order valence-electron chi connectivity index (χ0n) is 15.2. The van der Waals surface area contributed by atoms with Gasteiger partial charge in [-0.15, -0.1) is 0 Å². The summed E-state index contributed by atoms with van der Waals surface area (Å²) < 4.78 is 2.04. The van der Waals surface area contributed by atoms with E-state index in [0.29, 0.717) is 6.42 Å². The summed E-state index contributed by atoms with van der Waals surface area (Å²) >= 11 is 0. The van der Waals surface area contributed by atoms with E-state index in [0.717, 1.165) is 39.2 Å². The molecule has 0 atom stereocenters. The summed E-state index contributed by atoms with van der Waals surface area (Å²) in [6, 6.07) is 6.09. The fraction of sp³-hybridized carbons (Fsp3) is 0.150. The summed E-state index contributed by atoms with van der Waals surface area (Å²) in [5, 5.41) is 6.84. The minimum atomic E-state index is 0.679. The molecular formula is C20H19N7. The van der Waals surface area contributed by atoms with Crippen LogP contribution in [0.2, 0.25) is 0 Å². The maximum atomic E-state index is 4.56. The molecule has 0 fully saturated rings. The third-order valence-corrected chi connectivity index (χ3v) is 4.20. The van der Waals surface area contributed by atoms with Crippen molar-refractivity contribution in [2.75, 3.05) is 0 Å². The van der Waals surface area contributed by atoms with Gasteiger partial charge in [-0.05, 0) is 17.7 Å². The Balaban J connectivity index is 0.000000872. The van der Waals surface area contributed by atoms with Crippen LogP contribution in [-0.4, -0.2) is 34.5 Å². The van der Waals surface area contributed by atoms with Crippen molar-refractivity contribution >= 4 is 16.7 Å². The molecule has 7 nitrogen and oxygen atoms in total. The molecule has 0 spiro atoms. The van der Waals surface area contributed by atoms with E-state index in [1.807, 2.05) is 49.0 Å². The van der Waals surface area contributed by atoms with Crippen LogP contribution in [0, 0.1) is 0 Å². The van der Waals surface area contributed by atoms with Crippen LogP contribution in [-0.2, 0) is 6.42 Å². The highest BCUT2D eigenvalue weighted by molar-refractivity contribution is 5.74. The number of nitrogens with one attached hydrogen (secondary N) is 1. The molecule has 0 bridgehead atoms. The second kappa shape index (κ2) is 7.33. The second-order valence-corrected chi connectivity index (χ2v) is 5.75. The number of rotatable bonds is 3. The van der Waals surface area contributed by atoms with Crippen LogP contribution in [0.1, 0.15) is 25.1 Å². The van der Waals surface area contributed by atoms with Gasteiger partial charge in [-0.2, -0.15) is 5.10 Å². The van der Waals surface area contributed by atoms with Crippen LogP contribution in [0.3, 0.4) is 0 Å². The lowest BCUT2D eigenvalue weighted by molar-refractivity contribution is 1.02. The average Bonchev–Trinajstić information content (AvgIpc) is 3.39. The molecular weight excluding hydrogens is 338 g/mol. The maximum absolute atomic E-state index is 4.56. The van der Waals surface area contributed by atoms with Crippen molar-refractivity contribution in [1.82, 2.24) is 34.5 Å². The highest BCUT2D eigenvalue weighted by Gasteiger charge is 2.11. The van der Waals surface area contributed by atoms with Crippen molar-refractivity contribution in [3.8, 4) is 11.3 Å². The van der Waals surface area contributed by atoms with Gasteiger partial charge < -0.3 is 0 Å². The summed E-state index contributed by atoms with van der Waals surface area (Å²) in [4.78, 5) is 17.8. The van der Waals surface area contributed by atoms with Crippen LogP contribution in [0.4, 0.5) is 0 Å². The highest BCUT2D eigenvalue weighted by atomic mass is 15.1. The minimum Gasteiger partial charge on any atom is -0.296 e. The fourth-order valence-electron chi connectivity index (χ4n) is 3.01. The number of imidazole rings is 1. The Kier molecular flexibility index (Phi) is 4.57. The second-order valence-electron chi connectivity index (χ2n) is 5.75. The molecule has 0 aliphatic carbocycles. The predicted octanol–water partition coefficient (Wildman–Crippen LogP) is 3.68. The molecule has 0 radical (unpaired) electrons. The largest absolute Gasteiger partial charge is 0.296 e. The third kappa shape index (κ3) is 3.15. The minimum absolute atomic E-state index is 0.679. The van der Waals surface area contributed by atoms with Gasteiger partial charge >= 0.3 is 0 Å². The molecule has 7 heteroatoms. The predicted molar refractivity (Wildman–Crippen MR) is 104 cm³/mol. The molecule has 0 saturated heterocycles. The molecule has 0 unspecified atom stereocenters. The monoisotopic (exact) mass is 357 g/mol. The molecule has 1 aromatic carbocycles. The molecule has 5 aromatic rings. The normalized spacial score (nSPS) is 10.7. The number of nitrogens with zero attached hydrogens (tertiary/aromatic N) is 6. The van der Waals surface area contributed by atoms with Gasteiger partial charge in [0, 0.05) is 43.0 Å². The van der Waals surface area contributed by atoms with E-state index in [4.69, 9.17) is 0 Å². The van der Waals surface area contributed by atoms with Crippen molar-refractivity contribution in [3.63, 3.8) is 0 Å². The summed E-state index contributed by atoms with van der Waals surface area (Å²) in [6.45, 7) is 4.00. The molecule has 134 valence electrons. The number of fused-ring (bicyclic) bond motifs is 2. The lowest BCUT2D eigenvalue weighted by atomic mass is 10.1. The standard InChI is InChI=1S/C18H13N7.C2H6/c1-2-14-15(20-4-3-19-14)7-12(1)8-16-18-22-11-17(13-9-23-24-10-13)25(18)6-5-21-16;1-2/h1-7,9-11H,8H2,(H,23,24);1-2H3. The zero-order chi connectivity index (χ0) is 18.6. The molecule has 0 saturated carbocycles. The van der Waals surface area contributed by atoms with Crippen molar-refractivity contribution in [2.24, 2.45) is 0 Å². The zero-order valence-corrected chi connectivity index (χ0v) is 15.2. The van der Waals surface area contributed by atoms with Crippen LogP contribution >= 0.6 is 0 Å². The van der Waals surface area contributed by atoms with Gasteiger partial charge in [0.15, 0.2) is 5.65 Å². The molecule has 4 aromatic heterocycles. The van der Waals surface area contributed by atoms with E-state index in [1.165, 1.54) is 0 Å². The molecule has 5 rings (SSSR count). The Morgan fingerprint density at radius 2 is 1.78 bits per heavy atom. The smallest absolute Gasteiger partial charge is 0.159 e. The Morgan fingerprint density at radius 1 is 0.926 bits per heavy atom. The molecule has 1 N–H and O–H groups in total.